The summed E-state index contributed by atoms with van der Waals surface area (Å²) in [5, 5.41) is 0. The second-order valence-electron chi connectivity index (χ2n) is 7.69. The molecule has 154 valence electrons. The zero-order chi connectivity index (χ0) is 21.1. The molecule has 2 aromatic heterocycles. The van der Waals surface area contributed by atoms with Gasteiger partial charge in [0.15, 0.2) is 0 Å². The van der Waals surface area contributed by atoms with Crippen LogP contribution in [-0.4, -0.2) is 41.0 Å². The molecule has 4 rings (SSSR count). The number of carbonyl (C=O) groups excluding carboxylic acids is 1. The number of benzene rings is 1. The zero-order valence-electron chi connectivity index (χ0n) is 17.3. The van der Waals surface area contributed by atoms with E-state index in [0.29, 0.717) is 23.7 Å². The maximum Gasteiger partial charge on any atom is 0.257 e. The predicted molar refractivity (Wildman–Crippen MR) is 117 cm³/mol. The minimum Gasteiger partial charge on any atom is -0.496 e. The highest BCUT2D eigenvalue weighted by molar-refractivity contribution is 5.97. The average Bonchev–Trinajstić information content (AvgIpc) is 2.79. The molecule has 1 atom stereocenters. The predicted octanol–water partition coefficient (Wildman–Crippen LogP) is 4.06. The van der Waals surface area contributed by atoms with Gasteiger partial charge in [0.1, 0.15) is 11.6 Å². The van der Waals surface area contributed by atoms with Gasteiger partial charge in [-0.25, -0.2) is 4.98 Å². The number of carbonyl (C=O) groups is 1. The van der Waals surface area contributed by atoms with Crippen molar-refractivity contribution in [3.63, 3.8) is 0 Å². The number of hydrogen-bond donors (Lipinski definition) is 1. The first-order valence-electron chi connectivity index (χ1n) is 10.2. The molecule has 0 saturated carbocycles. The topological polar surface area (TPSA) is 81.3 Å². The van der Waals surface area contributed by atoms with Crippen LogP contribution < -0.4 is 10.5 Å². The molecule has 6 heteroatoms. The van der Waals surface area contributed by atoms with Crippen molar-refractivity contribution in [3.8, 4) is 16.9 Å². The third-order valence-electron chi connectivity index (χ3n) is 5.68. The second-order valence-corrected chi connectivity index (χ2v) is 7.69. The number of para-hydroxylation sites is 1. The first-order valence-corrected chi connectivity index (χ1v) is 10.2. The van der Waals surface area contributed by atoms with Crippen molar-refractivity contribution >= 4 is 11.7 Å². The number of nitrogens with zero attached hydrogens (tertiary/aromatic N) is 3. The Labute approximate surface area is 176 Å². The van der Waals surface area contributed by atoms with E-state index in [2.05, 4.69) is 17.1 Å². The Morgan fingerprint density at radius 3 is 2.53 bits per heavy atom. The third kappa shape index (κ3) is 3.99. The number of aromatic nitrogens is 2. The summed E-state index contributed by atoms with van der Waals surface area (Å²) >= 11 is 0. The SMILES string of the molecule is COc1c(C)cccc1C(=O)N1CCCC(c2ccc(-c3ccc(N)nc3)cn2)C1. The molecule has 0 spiro atoms. The Kier molecular flexibility index (Phi) is 5.65. The summed E-state index contributed by atoms with van der Waals surface area (Å²) in [4.78, 5) is 23.9. The number of anilines is 1. The first kappa shape index (κ1) is 19.9. The number of nitrogen functional groups attached to an aromatic ring is 1. The van der Waals surface area contributed by atoms with Gasteiger partial charge in [-0.2, -0.15) is 0 Å². The molecule has 3 aromatic rings. The number of likely N-dealkylation sites (tertiary alicyclic amines) is 1. The number of hydrogen-bond acceptors (Lipinski definition) is 5. The molecule has 6 nitrogen and oxygen atoms in total. The Morgan fingerprint density at radius 1 is 1.10 bits per heavy atom. The molecule has 1 aliphatic heterocycles. The Balaban J connectivity index is 1.51. The molecular weight excluding hydrogens is 376 g/mol. The van der Waals surface area contributed by atoms with Gasteiger partial charge in [0.2, 0.25) is 0 Å². The summed E-state index contributed by atoms with van der Waals surface area (Å²) in [5.74, 6) is 1.40. The van der Waals surface area contributed by atoms with Gasteiger partial charge in [-0.05, 0) is 49.6 Å². The summed E-state index contributed by atoms with van der Waals surface area (Å²) in [6, 6.07) is 13.5. The number of nitrogens with two attached hydrogens (primary N) is 1. The smallest absolute Gasteiger partial charge is 0.257 e. The van der Waals surface area contributed by atoms with Crippen LogP contribution in [0.15, 0.2) is 54.9 Å². The highest BCUT2D eigenvalue weighted by Crippen LogP contribution is 2.30. The van der Waals surface area contributed by atoms with Crippen LogP contribution in [0.2, 0.25) is 0 Å². The molecular formula is C24H26N4O2. The number of rotatable bonds is 4. The van der Waals surface area contributed by atoms with Gasteiger partial charge < -0.3 is 15.4 Å². The van der Waals surface area contributed by atoms with Crippen LogP contribution in [0.1, 0.15) is 40.4 Å². The Bertz CT molecular complexity index is 1030. The van der Waals surface area contributed by atoms with Gasteiger partial charge in [-0.3, -0.25) is 9.78 Å². The van der Waals surface area contributed by atoms with Crippen molar-refractivity contribution in [2.75, 3.05) is 25.9 Å². The van der Waals surface area contributed by atoms with Crippen molar-refractivity contribution in [3.05, 3.63) is 71.7 Å². The Morgan fingerprint density at radius 2 is 1.87 bits per heavy atom. The summed E-state index contributed by atoms with van der Waals surface area (Å²) in [7, 11) is 1.61. The molecule has 1 aliphatic rings. The fourth-order valence-corrected chi connectivity index (χ4v) is 4.06. The number of pyridine rings is 2. The van der Waals surface area contributed by atoms with E-state index in [4.69, 9.17) is 15.5 Å². The van der Waals surface area contributed by atoms with Gasteiger partial charge in [-0.15, -0.1) is 0 Å². The zero-order valence-corrected chi connectivity index (χ0v) is 17.3. The van der Waals surface area contributed by atoms with Crippen LogP contribution in [-0.2, 0) is 0 Å². The van der Waals surface area contributed by atoms with Gasteiger partial charge in [-0.1, -0.05) is 18.2 Å². The molecule has 0 radical (unpaired) electrons. The van der Waals surface area contributed by atoms with E-state index < -0.39 is 0 Å². The van der Waals surface area contributed by atoms with E-state index in [1.807, 2.05) is 42.3 Å². The largest absolute Gasteiger partial charge is 0.496 e. The van der Waals surface area contributed by atoms with E-state index in [9.17, 15) is 4.79 Å². The fraction of sp³-hybridized carbons (Fsp3) is 0.292. The van der Waals surface area contributed by atoms with Gasteiger partial charge >= 0.3 is 0 Å². The second kappa shape index (κ2) is 8.53. The molecule has 1 fully saturated rings. The normalized spacial score (nSPS) is 16.3. The lowest BCUT2D eigenvalue weighted by Crippen LogP contribution is -2.39. The molecule has 3 heterocycles. The van der Waals surface area contributed by atoms with Gasteiger partial charge in [0, 0.05) is 48.2 Å². The first-order chi connectivity index (χ1) is 14.6. The summed E-state index contributed by atoms with van der Waals surface area (Å²) in [6.07, 6.45) is 5.59. The van der Waals surface area contributed by atoms with Crippen molar-refractivity contribution < 1.29 is 9.53 Å². The van der Waals surface area contributed by atoms with E-state index in [0.717, 1.165) is 41.8 Å². The van der Waals surface area contributed by atoms with Gasteiger partial charge in [0.05, 0.1) is 12.7 Å². The maximum atomic E-state index is 13.2. The molecule has 30 heavy (non-hydrogen) atoms. The highest BCUT2D eigenvalue weighted by Gasteiger charge is 2.28. The van der Waals surface area contributed by atoms with Crippen LogP contribution in [0.25, 0.3) is 11.1 Å². The average molecular weight is 402 g/mol. The van der Waals surface area contributed by atoms with Crippen molar-refractivity contribution in [2.45, 2.75) is 25.7 Å². The number of piperidine rings is 1. The fourth-order valence-electron chi connectivity index (χ4n) is 4.06. The standard InChI is InChI=1S/C24H26N4O2/c1-16-5-3-7-20(23(16)30-2)24(29)28-12-4-6-19(15-28)21-10-8-17(13-26-21)18-9-11-22(25)27-14-18/h3,5,7-11,13-14,19H,4,6,12,15H2,1-2H3,(H2,25,27). The minimum absolute atomic E-state index is 0.0184. The van der Waals surface area contributed by atoms with Crippen LogP contribution >= 0.6 is 0 Å². The summed E-state index contributed by atoms with van der Waals surface area (Å²) in [5.41, 5.74) is 10.2. The monoisotopic (exact) mass is 402 g/mol. The molecule has 2 N–H and O–H groups in total. The lowest BCUT2D eigenvalue weighted by molar-refractivity contribution is 0.0702. The molecule has 1 amide bonds. The highest BCUT2D eigenvalue weighted by atomic mass is 16.5. The molecule has 0 aliphatic carbocycles. The van der Waals surface area contributed by atoms with Crippen molar-refractivity contribution in [1.29, 1.82) is 0 Å². The molecule has 0 bridgehead atoms. The van der Waals surface area contributed by atoms with Crippen molar-refractivity contribution in [1.82, 2.24) is 14.9 Å². The van der Waals surface area contributed by atoms with E-state index in [1.165, 1.54) is 0 Å². The van der Waals surface area contributed by atoms with Crippen molar-refractivity contribution in [2.24, 2.45) is 0 Å². The maximum absolute atomic E-state index is 13.2. The van der Waals surface area contributed by atoms with Crippen LogP contribution in [0, 0.1) is 6.92 Å². The third-order valence-corrected chi connectivity index (χ3v) is 5.68. The lowest BCUT2D eigenvalue weighted by atomic mass is 9.93. The van der Waals surface area contributed by atoms with Crippen LogP contribution in [0.5, 0.6) is 5.75 Å². The number of methoxy groups -OCH3 is 1. The lowest BCUT2D eigenvalue weighted by Gasteiger charge is -2.33. The van der Waals surface area contributed by atoms with E-state index >= 15 is 0 Å². The Hall–Kier alpha value is -3.41. The van der Waals surface area contributed by atoms with Gasteiger partial charge in [0.25, 0.3) is 5.91 Å². The minimum atomic E-state index is 0.0184. The van der Waals surface area contributed by atoms with Crippen LogP contribution in [0.4, 0.5) is 5.82 Å². The van der Waals surface area contributed by atoms with E-state index in [-0.39, 0.29) is 11.8 Å². The molecule has 1 unspecified atom stereocenters. The molecule has 1 saturated heterocycles. The summed E-state index contributed by atoms with van der Waals surface area (Å²) in [6.45, 7) is 3.37. The quantitative estimate of drug-likeness (QED) is 0.712. The summed E-state index contributed by atoms with van der Waals surface area (Å²) < 4.78 is 5.49. The molecule has 1 aromatic carbocycles. The van der Waals surface area contributed by atoms with E-state index in [1.54, 1.807) is 19.4 Å². The van der Waals surface area contributed by atoms with Crippen LogP contribution in [0.3, 0.4) is 0 Å². The number of ether oxygens (including phenoxy) is 1. The number of amides is 1. The number of aryl methyl sites for hydroxylation is 1.